The quantitative estimate of drug-likeness (QED) is 0.478. The molecule has 0 bridgehead atoms. The van der Waals surface area contributed by atoms with E-state index in [1.807, 2.05) is 31.2 Å². The van der Waals surface area contributed by atoms with Crippen molar-refractivity contribution in [3.8, 4) is 5.75 Å². The molecule has 0 radical (unpaired) electrons. The van der Waals surface area contributed by atoms with Gasteiger partial charge in [0.05, 0.1) is 13.2 Å². The van der Waals surface area contributed by atoms with Gasteiger partial charge in [-0.2, -0.15) is 0 Å². The third-order valence-electron chi connectivity index (χ3n) is 5.46. The summed E-state index contributed by atoms with van der Waals surface area (Å²) < 4.78 is 11.2. The number of amides is 1. The fraction of sp³-hybridized carbons (Fsp3) is 0.400. The Morgan fingerprint density at radius 1 is 1.12 bits per heavy atom. The fourth-order valence-electron chi connectivity index (χ4n) is 3.29. The minimum absolute atomic E-state index is 0.265. The van der Waals surface area contributed by atoms with E-state index < -0.39 is 0 Å². The van der Waals surface area contributed by atoms with Gasteiger partial charge < -0.3 is 14.5 Å². The molecule has 2 aromatic heterocycles. The molecule has 1 unspecified atom stereocenters. The number of ether oxygens (including phenoxy) is 1. The lowest BCUT2D eigenvalue weighted by atomic mass is 10.0. The van der Waals surface area contributed by atoms with Gasteiger partial charge in [0.2, 0.25) is 5.89 Å². The number of rotatable bonds is 11. The topological polar surface area (TPSA) is 80.5 Å². The van der Waals surface area contributed by atoms with E-state index in [1.54, 1.807) is 12.4 Å². The Hall–Kier alpha value is -3.19. The number of benzene rings is 1. The average Bonchev–Trinajstić information content (AvgIpc) is 3.27. The lowest BCUT2D eigenvalue weighted by Crippen LogP contribution is -2.36. The first kappa shape index (κ1) is 23.5. The predicted molar refractivity (Wildman–Crippen MR) is 123 cm³/mol. The zero-order valence-corrected chi connectivity index (χ0v) is 19.2. The molecule has 7 nitrogen and oxygen atoms in total. The van der Waals surface area contributed by atoms with E-state index in [1.165, 1.54) is 11.8 Å². The first-order valence-corrected chi connectivity index (χ1v) is 11.0. The highest BCUT2D eigenvalue weighted by Crippen LogP contribution is 2.20. The summed E-state index contributed by atoms with van der Waals surface area (Å²) in [6.07, 6.45) is 4.84. The van der Waals surface area contributed by atoms with Crippen LogP contribution >= 0.6 is 0 Å². The van der Waals surface area contributed by atoms with Crippen LogP contribution in [0.4, 0.5) is 0 Å². The highest BCUT2D eigenvalue weighted by atomic mass is 16.5. The van der Waals surface area contributed by atoms with Crippen molar-refractivity contribution in [2.75, 3.05) is 6.61 Å². The molecule has 0 aliphatic heterocycles. The molecule has 1 N–H and O–H groups in total. The second-order valence-electron chi connectivity index (χ2n) is 8.14. The maximum Gasteiger partial charge on any atom is 0.273 e. The molecule has 1 amide bonds. The summed E-state index contributed by atoms with van der Waals surface area (Å²) in [6.45, 7) is 10.9. The number of pyridine rings is 1. The molecule has 0 aliphatic carbocycles. The van der Waals surface area contributed by atoms with E-state index in [9.17, 15) is 4.79 Å². The van der Waals surface area contributed by atoms with E-state index in [2.05, 4.69) is 53.1 Å². The van der Waals surface area contributed by atoms with Crippen molar-refractivity contribution < 1.29 is 13.9 Å². The van der Waals surface area contributed by atoms with Crippen molar-refractivity contribution in [1.82, 2.24) is 20.2 Å². The SMILES string of the molecule is CCOc1ccc(CN(Cc2nc(C(=O)NCc3cccnc3)co2)C(C)C(C)C)cc1. The average molecular weight is 437 g/mol. The maximum atomic E-state index is 12.5. The Morgan fingerprint density at radius 2 is 1.91 bits per heavy atom. The number of aromatic nitrogens is 2. The molecule has 0 spiro atoms. The molecule has 3 rings (SSSR count). The van der Waals surface area contributed by atoms with Gasteiger partial charge in [0.25, 0.3) is 5.91 Å². The predicted octanol–water partition coefficient (Wildman–Crippen LogP) is 4.45. The smallest absolute Gasteiger partial charge is 0.273 e. The minimum Gasteiger partial charge on any atom is -0.494 e. The van der Waals surface area contributed by atoms with Crippen molar-refractivity contribution in [1.29, 1.82) is 0 Å². The zero-order chi connectivity index (χ0) is 22.9. The van der Waals surface area contributed by atoms with Crippen molar-refractivity contribution >= 4 is 5.91 Å². The molecule has 0 aliphatic rings. The van der Waals surface area contributed by atoms with Crippen LogP contribution in [0.3, 0.4) is 0 Å². The largest absolute Gasteiger partial charge is 0.494 e. The van der Waals surface area contributed by atoms with Gasteiger partial charge >= 0.3 is 0 Å². The molecule has 0 saturated heterocycles. The molecule has 0 fully saturated rings. The second-order valence-corrected chi connectivity index (χ2v) is 8.14. The third-order valence-corrected chi connectivity index (χ3v) is 5.46. The van der Waals surface area contributed by atoms with Crippen LogP contribution in [0.25, 0.3) is 0 Å². The van der Waals surface area contributed by atoms with E-state index >= 15 is 0 Å². The number of nitrogens with one attached hydrogen (secondary N) is 1. The van der Waals surface area contributed by atoms with Crippen LogP contribution in [0, 0.1) is 5.92 Å². The van der Waals surface area contributed by atoms with E-state index in [0.29, 0.717) is 37.5 Å². The van der Waals surface area contributed by atoms with Crippen LogP contribution in [0.15, 0.2) is 59.5 Å². The van der Waals surface area contributed by atoms with Crippen molar-refractivity contribution in [2.24, 2.45) is 5.92 Å². The summed E-state index contributed by atoms with van der Waals surface area (Å²) in [4.78, 5) is 23.2. The van der Waals surface area contributed by atoms with Crippen molar-refractivity contribution in [2.45, 2.75) is 53.4 Å². The Balaban J connectivity index is 1.64. The summed E-state index contributed by atoms with van der Waals surface area (Å²) in [5.41, 5.74) is 2.39. The van der Waals surface area contributed by atoms with Gasteiger partial charge in [-0.3, -0.25) is 14.7 Å². The molecule has 2 heterocycles. The maximum absolute atomic E-state index is 12.5. The molecular weight excluding hydrogens is 404 g/mol. The zero-order valence-electron chi connectivity index (χ0n) is 19.2. The number of nitrogens with zero attached hydrogens (tertiary/aromatic N) is 3. The first-order valence-electron chi connectivity index (χ1n) is 11.0. The molecule has 32 heavy (non-hydrogen) atoms. The summed E-state index contributed by atoms with van der Waals surface area (Å²) in [5.74, 6) is 1.58. The van der Waals surface area contributed by atoms with Gasteiger partial charge in [-0.1, -0.05) is 32.0 Å². The summed E-state index contributed by atoms with van der Waals surface area (Å²) >= 11 is 0. The molecule has 7 heteroatoms. The van der Waals surface area contributed by atoms with Crippen molar-refractivity contribution in [3.63, 3.8) is 0 Å². The monoisotopic (exact) mass is 436 g/mol. The molecule has 1 aromatic carbocycles. The fourth-order valence-corrected chi connectivity index (χ4v) is 3.29. The van der Waals surface area contributed by atoms with Crippen LogP contribution in [-0.2, 0) is 19.6 Å². The van der Waals surface area contributed by atoms with Crippen LogP contribution in [0.5, 0.6) is 5.75 Å². The van der Waals surface area contributed by atoms with Gasteiger partial charge in [-0.25, -0.2) is 4.98 Å². The summed E-state index contributed by atoms with van der Waals surface area (Å²) in [7, 11) is 0. The van der Waals surface area contributed by atoms with Crippen LogP contribution in [-0.4, -0.2) is 33.4 Å². The third kappa shape index (κ3) is 6.65. The number of carbonyl (C=O) groups excluding carboxylic acids is 1. The standard InChI is InChI=1S/C25H32N4O3/c1-5-31-22-10-8-20(9-11-22)15-29(19(4)18(2)3)16-24-28-23(17-32-24)25(30)27-14-21-7-6-12-26-13-21/h6-13,17-19H,5,14-16H2,1-4H3,(H,27,30). The van der Waals surface area contributed by atoms with E-state index in [0.717, 1.165) is 17.9 Å². The molecule has 0 saturated carbocycles. The molecule has 170 valence electrons. The lowest BCUT2D eigenvalue weighted by Gasteiger charge is -2.30. The normalized spacial score (nSPS) is 12.2. The Morgan fingerprint density at radius 3 is 2.56 bits per heavy atom. The second kappa shape index (κ2) is 11.4. The van der Waals surface area contributed by atoms with Gasteiger partial charge in [0.15, 0.2) is 5.69 Å². The Labute approximate surface area is 189 Å². The van der Waals surface area contributed by atoms with Gasteiger partial charge in [0, 0.05) is 31.5 Å². The number of carbonyl (C=O) groups is 1. The van der Waals surface area contributed by atoms with Crippen LogP contribution in [0.1, 0.15) is 55.2 Å². The van der Waals surface area contributed by atoms with Gasteiger partial charge in [0.1, 0.15) is 12.0 Å². The Bertz CT molecular complexity index is 970. The minimum atomic E-state index is -0.265. The first-order chi connectivity index (χ1) is 15.5. The number of hydrogen-bond acceptors (Lipinski definition) is 6. The Kier molecular flexibility index (Phi) is 8.39. The highest BCUT2D eigenvalue weighted by molar-refractivity contribution is 5.91. The number of hydrogen-bond donors (Lipinski definition) is 1. The van der Waals surface area contributed by atoms with E-state index in [4.69, 9.17) is 9.15 Å². The van der Waals surface area contributed by atoms with Crippen LogP contribution in [0.2, 0.25) is 0 Å². The molecule has 3 aromatic rings. The lowest BCUT2D eigenvalue weighted by molar-refractivity contribution is 0.0945. The number of oxazole rings is 1. The van der Waals surface area contributed by atoms with Crippen LogP contribution < -0.4 is 10.1 Å². The molecule has 1 atom stereocenters. The van der Waals surface area contributed by atoms with E-state index in [-0.39, 0.29) is 11.6 Å². The van der Waals surface area contributed by atoms with Crippen molar-refractivity contribution in [3.05, 3.63) is 77.8 Å². The summed E-state index contributed by atoms with van der Waals surface area (Å²) in [5, 5.41) is 2.85. The van der Waals surface area contributed by atoms with Gasteiger partial charge in [-0.05, 0) is 49.1 Å². The molecular formula is C25H32N4O3. The summed E-state index contributed by atoms with van der Waals surface area (Å²) in [6, 6.07) is 12.2. The van der Waals surface area contributed by atoms with Gasteiger partial charge in [-0.15, -0.1) is 0 Å². The highest BCUT2D eigenvalue weighted by Gasteiger charge is 2.21.